The van der Waals surface area contributed by atoms with Gasteiger partial charge >= 0.3 is 0 Å². The first kappa shape index (κ1) is 23.1. The van der Waals surface area contributed by atoms with Gasteiger partial charge in [-0.05, 0) is 53.7 Å². The average molecular weight is 494 g/mol. The standard InChI is InChI=1S/C21H14Cl2N4O2S.ClH/c1-24-19(28)13-9-12-7-11(5-6-16(12)25-10-13)8-17-20(29)27-21(30-17)26-18-14(22)3-2-4-15(18)23;/h2-10H,1H3,(H,24,28)(H,26,27,29);1H/b17-8-;. The van der Waals surface area contributed by atoms with Crippen molar-refractivity contribution in [2.75, 3.05) is 7.05 Å². The quantitative estimate of drug-likeness (QED) is 0.490. The summed E-state index contributed by atoms with van der Waals surface area (Å²) in [5, 5.41) is 7.29. The van der Waals surface area contributed by atoms with Gasteiger partial charge in [0.05, 0.1) is 26.0 Å². The van der Waals surface area contributed by atoms with E-state index < -0.39 is 0 Å². The predicted molar refractivity (Wildman–Crippen MR) is 130 cm³/mol. The lowest BCUT2D eigenvalue weighted by Crippen LogP contribution is -2.19. The lowest BCUT2D eigenvalue weighted by atomic mass is 10.1. The number of carbonyl (C=O) groups excluding carboxylic acids is 2. The summed E-state index contributed by atoms with van der Waals surface area (Å²) in [5.74, 6) is -0.475. The average Bonchev–Trinajstić information content (AvgIpc) is 3.08. The molecule has 1 fully saturated rings. The number of hydrogen-bond donors (Lipinski definition) is 2. The number of benzene rings is 2. The molecular weight excluding hydrogens is 479 g/mol. The van der Waals surface area contributed by atoms with Crippen LogP contribution >= 0.6 is 47.4 Å². The minimum atomic E-state index is -0.265. The van der Waals surface area contributed by atoms with Crippen LogP contribution in [0.15, 0.2) is 58.6 Å². The van der Waals surface area contributed by atoms with Gasteiger partial charge in [0.1, 0.15) is 5.69 Å². The summed E-state index contributed by atoms with van der Waals surface area (Å²) in [7, 11) is 1.57. The Morgan fingerprint density at radius 2 is 1.94 bits per heavy atom. The van der Waals surface area contributed by atoms with Crippen LogP contribution in [0, 0.1) is 0 Å². The minimum absolute atomic E-state index is 0. The van der Waals surface area contributed by atoms with Crippen LogP contribution in [0.4, 0.5) is 5.69 Å². The number of fused-ring (bicyclic) bond motifs is 1. The number of nitrogens with zero attached hydrogens (tertiary/aromatic N) is 2. The molecule has 6 nitrogen and oxygen atoms in total. The Hall–Kier alpha value is -2.58. The largest absolute Gasteiger partial charge is 0.355 e. The zero-order chi connectivity index (χ0) is 21.3. The lowest BCUT2D eigenvalue weighted by molar-refractivity contribution is -0.115. The van der Waals surface area contributed by atoms with Crippen LogP contribution in [0.1, 0.15) is 15.9 Å². The topological polar surface area (TPSA) is 83.4 Å². The van der Waals surface area contributed by atoms with Crippen LogP contribution in [0.25, 0.3) is 17.0 Å². The third kappa shape index (κ3) is 5.02. The summed E-state index contributed by atoms with van der Waals surface area (Å²) >= 11 is 13.5. The first-order valence-corrected chi connectivity index (χ1v) is 10.4. The zero-order valence-electron chi connectivity index (χ0n) is 16.0. The molecule has 0 spiro atoms. The molecule has 3 aromatic rings. The van der Waals surface area contributed by atoms with Gasteiger partial charge in [-0.25, -0.2) is 4.99 Å². The van der Waals surface area contributed by atoms with Crippen molar-refractivity contribution in [3.05, 3.63) is 74.7 Å². The number of aromatic nitrogens is 1. The third-order valence-corrected chi connectivity index (χ3v) is 5.81. The molecule has 158 valence electrons. The van der Waals surface area contributed by atoms with Gasteiger partial charge < -0.3 is 10.6 Å². The molecule has 0 bridgehead atoms. The van der Waals surface area contributed by atoms with Crippen molar-refractivity contribution < 1.29 is 9.59 Å². The van der Waals surface area contributed by atoms with Crippen LogP contribution in [0.3, 0.4) is 0 Å². The summed E-state index contributed by atoms with van der Waals surface area (Å²) in [5.41, 5.74) is 2.43. The molecule has 0 saturated carbocycles. The van der Waals surface area contributed by atoms with Crippen LogP contribution in [-0.2, 0) is 4.79 Å². The summed E-state index contributed by atoms with van der Waals surface area (Å²) in [6.45, 7) is 0. The molecule has 31 heavy (non-hydrogen) atoms. The zero-order valence-corrected chi connectivity index (χ0v) is 19.1. The molecule has 0 aliphatic carbocycles. The Morgan fingerprint density at radius 1 is 1.19 bits per heavy atom. The molecule has 2 N–H and O–H groups in total. The second kappa shape index (κ2) is 9.70. The fraction of sp³-hybridized carbons (Fsp3) is 0.0476. The molecule has 1 aliphatic heterocycles. The van der Waals surface area contributed by atoms with Crippen molar-refractivity contribution in [3.8, 4) is 0 Å². The maximum atomic E-state index is 12.4. The first-order chi connectivity index (χ1) is 14.4. The van der Waals surface area contributed by atoms with E-state index in [4.69, 9.17) is 23.2 Å². The van der Waals surface area contributed by atoms with E-state index in [0.29, 0.717) is 31.4 Å². The highest BCUT2D eigenvalue weighted by molar-refractivity contribution is 8.18. The fourth-order valence-electron chi connectivity index (χ4n) is 2.84. The molecule has 1 saturated heterocycles. The summed E-state index contributed by atoms with van der Waals surface area (Å²) in [6, 6.07) is 12.4. The third-order valence-electron chi connectivity index (χ3n) is 4.29. The molecule has 4 rings (SSSR count). The van der Waals surface area contributed by atoms with Gasteiger partial charge in [-0.3, -0.25) is 14.6 Å². The second-order valence-electron chi connectivity index (χ2n) is 6.31. The summed E-state index contributed by atoms with van der Waals surface area (Å²) in [6.07, 6.45) is 3.28. The second-order valence-corrected chi connectivity index (χ2v) is 8.15. The molecule has 2 aromatic carbocycles. The molecule has 0 unspecified atom stereocenters. The molecule has 2 heterocycles. The molecule has 1 aromatic heterocycles. The minimum Gasteiger partial charge on any atom is -0.355 e. The Balaban J connectivity index is 0.00000272. The maximum Gasteiger partial charge on any atom is 0.264 e. The number of para-hydroxylation sites is 1. The Bertz CT molecular complexity index is 1240. The van der Waals surface area contributed by atoms with E-state index in [0.717, 1.165) is 16.5 Å². The summed E-state index contributed by atoms with van der Waals surface area (Å²) < 4.78 is 0. The van der Waals surface area contributed by atoms with Crippen LogP contribution in [0.2, 0.25) is 10.0 Å². The van der Waals surface area contributed by atoms with Gasteiger partial charge in [0.2, 0.25) is 0 Å². The number of halogens is 3. The smallest absolute Gasteiger partial charge is 0.264 e. The fourth-order valence-corrected chi connectivity index (χ4v) is 4.15. The number of amidine groups is 1. The predicted octanol–water partition coefficient (Wildman–Crippen LogP) is 5.21. The van der Waals surface area contributed by atoms with Crippen LogP contribution in [0.5, 0.6) is 0 Å². The Kier molecular flexibility index (Phi) is 7.23. The van der Waals surface area contributed by atoms with Gasteiger partial charge in [-0.1, -0.05) is 35.3 Å². The number of carbonyl (C=O) groups is 2. The molecule has 2 amide bonds. The lowest BCUT2D eigenvalue weighted by Gasteiger charge is -2.03. The van der Waals surface area contributed by atoms with E-state index in [-0.39, 0.29) is 24.2 Å². The molecule has 1 aliphatic rings. The van der Waals surface area contributed by atoms with Crippen LogP contribution in [-0.4, -0.2) is 29.0 Å². The highest BCUT2D eigenvalue weighted by Crippen LogP contribution is 2.35. The van der Waals surface area contributed by atoms with Gasteiger partial charge in [0.25, 0.3) is 11.8 Å². The Labute approximate surface area is 198 Å². The van der Waals surface area contributed by atoms with E-state index in [2.05, 4.69) is 20.6 Å². The highest BCUT2D eigenvalue weighted by atomic mass is 35.5. The number of amides is 2. The molecule has 0 radical (unpaired) electrons. The van der Waals surface area contributed by atoms with Crippen molar-refractivity contribution in [2.24, 2.45) is 4.99 Å². The summed E-state index contributed by atoms with van der Waals surface area (Å²) in [4.78, 5) is 33.4. The van der Waals surface area contributed by atoms with Crippen molar-refractivity contribution in [2.45, 2.75) is 0 Å². The number of thioether (sulfide) groups is 1. The SMILES string of the molecule is CNC(=O)c1cnc2ccc(/C=C3\SC(=Nc4c(Cl)cccc4Cl)NC3=O)cc2c1.Cl. The van der Waals surface area contributed by atoms with E-state index in [9.17, 15) is 9.59 Å². The van der Waals surface area contributed by atoms with Crippen molar-refractivity contribution >= 4 is 87.0 Å². The monoisotopic (exact) mass is 492 g/mol. The van der Waals surface area contributed by atoms with Gasteiger partial charge in [-0.15, -0.1) is 12.4 Å². The van der Waals surface area contributed by atoms with Crippen LogP contribution < -0.4 is 10.6 Å². The normalized spacial score (nSPS) is 15.8. The van der Waals surface area contributed by atoms with Crippen molar-refractivity contribution in [1.29, 1.82) is 0 Å². The Morgan fingerprint density at radius 3 is 2.65 bits per heavy atom. The maximum absolute atomic E-state index is 12.4. The van der Waals surface area contributed by atoms with E-state index >= 15 is 0 Å². The van der Waals surface area contributed by atoms with Gasteiger partial charge in [0.15, 0.2) is 5.17 Å². The van der Waals surface area contributed by atoms with E-state index in [1.807, 2.05) is 18.2 Å². The molecular formula is C21H15Cl3N4O2S. The molecule has 0 atom stereocenters. The number of aliphatic imine (C=N–C) groups is 1. The van der Waals surface area contributed by atoms with Crippen molar-refractivity contribution in [1.82, 2.24) is 15.6 Å². The van der Waals surface area contributed by atoms with Crippen molar-refractivity contribution in [3.63, 3.8) is 0 Å². The van der Waals surface area contributed by atoms with E-state index in [1.54, 1.807) is 37.4 Å². The first-order valence-electron chi connectivity index (χ1n) is 8.80. The molecule has 10 heteroatoms. The van der Waals surface area contributed by atoms with Gasteiger partial charge in [-0.2, -0.15) is 0 Å². The number of rotatable bonds is 3. The van der Waals surface area contributed by atoms with E-state index in [1.165, 1.54) is 18.0 Å². The number of hydrogen-bond acceptors (Lipinski definition) is 5. The number of pyridine rings is 1. The highest BCUT2D eigenvalue weighted by Gasteiger charge is 2.24. The van der Waals surface area contributed by atoms with Gasteiger partial charge in [0, 0.05) is 18.6 Å². The number of nitrogens with one attached hydrogen (secondary N) is 2.